The molecule has 1 fully saturated rings. The number of carboxylic acid groups (broad SMARTS) is 1. The Morgan fingerprint density at radius 2 is 2.20 bits per heavy atom. The topological polar surface area (TPSA) is 75.4 Å². The molecular weight excluding hydrogens is 258 g/mol. The highest BCUT2D eigenvalue weighted by atomic mass is 16.4. The number of hydrogen-bond donors (Lipinski definition) is 1. The van der Waals surface area contributed by atoms with Crippen molar-refractivity contribution in [3.63, 3.8) is 0 Å². The molecule has 1 aliphatic heterocycles. The molecule has 0 aliphatic carbocycles. The van der Waals surface area contributed by atoms with E-state index in [0.29, 0.717) is 25.2 Å². The third-order valence-electron chi connectivity index (χ3n) is 3.71. The second-order valence-electron chi connectivity index (χ2n) is 5.42. The van der Waals surface area contributed by atoms with E-state index in [2.05, 4.69) is 5.10 Å². The van der Waals surface area contributed by atoms with Crippen LogP contribution in [0.15, 0.2) is 6.07 Å². The Hall–Kier alpha value is -1.85. The molecule has 6 heteroatoms. The number of aliphatic carboxylic acids is 1. The number of rotatable bonds is 4. The summed E-state index contributed by atoms with van der Waals surface area (Å²) >= 11 is 0. The van der Waals surface area contributed by atoms with Crippen LogP contribution in [-0.4, -0.2) is 44.3 Å². The first kappa shape index (κ1) is 14.6. The van der Waals surface area contributed by atoms with E-state index >= 15 is 0 Å². The number of aryl methyl sites for hydroxylation is 1. The molecule has 1 aliphatic rings. The number of nitrogens with zero attached hydrogens (tertiary/aromatic N) is 3. The van der Waals surface area contributed by atoms with Crippen molar-refractivity contribution in [2.24, 2.45) is 0 Å². The number of hydrogen-bond acceptors (Lipinski definition) is 3. The molecule has 2 rings (SSSR count). The van der Waals surface area contributed by atoms with Gasteiger partial charge in [0.25, 0.3) is 5.91 Å². The first-order valence-electron chi connectivity index (χ1n) is 7.07. The summed E-state index contributed by atoms with van der Waals surface area (Å²) in [6.07, 6.45) is 1.26. The van der Waals surface area contributed by atoms with Gasteiger partial charge >= 0.3 is 5.97 Å². The van der Waals surface area contributed by atoms with Gasteiger partial charge in [0, 0.05) is 13.1 Å². The third kappa shape index (κ3) is 2.55. The SMILES string of the molecule is CCn1nc(C(C)C)cc1C(=O)N1CCCC1C(=O)O. The van der Waals surface area contributed by atoms with Gasteiger partial charge in [0.1, 0.15) is 11.7 Å². The Kier molecular flexibility index (Phi) is 4.11. The van der Waals surface area contributed by atoms with Crippen LogP contribution in [0.1, 0.15) is 55.7 Å². The van der Waals surface area contributed by atoms with Gasteiger partial charge in [-0.2, -0.15) is 5.10 Å². The minimum absolute atomic E-state index is 0.226. The Morgan fingerprint density at radius 1 is 1.50 bits per heavy atom. The summed E-state index contributed by atoms with van der Waals surface area (Å²) in [5, 5.41) is 13.6. The molecule has 1 amide bonds. The van der Waals surface area contributed by atoms with Gasteiger partial charge < -0.3 is 10.0 Å². The zero-order valence-corrected chi connectivity index (χ0v) is 12.2. The molecule has 110 valence electrons. The van der Waals surface area contributed by atoms with Crippen molar-refractivity contribution in [1.82, 2.24) is 14.7 Å². The zero-order valence-electron chi connectivity index (χ0n) is 12.2. The van der Waals surface area contributed by atoms with E-state index in [1.807, 2.05) is 20.8 Å². The fourth-order valence-corrected chi connectivity index (χ4v) is 2.55. The molecule has 0 saturated carbocycles. The normalized spacial score (nSPS) is 18.8. The molecule has 0 radical (unpaired) electrons. The highest BCUT2D eigenvalue weighted by Crippen LogP contribution is 2.22. The maximum absolute atomic E-state index is 12.6. The van der Waals surface area contributed by atoms with Gasteiger partial charge in [0.05, 0.1) is 5.69 Å². The van der Waals surface area contributed by atoms with Crippen LogP contribution in [0.5, 0.6) is 0 Å². The summed E-state index contributed by atoms with van der Waals surface area (Å²) in [5.41, 5.74) is 1.35. The van der Waals surface area contributed by atoms with E-state index in [9.17, 15) is 14.7 Å². The number of carbonyl (C=O) groups excluding carboxylic acids is 1. The molecular formula is C14H21N3O3. The van der Waals surface area contributed by atoms with Crippen molar-refractivity contribution < 1.29 is 14.7 Å². The van der Waals surface area contributed by atoms with Gasteiger partial charge in [-0.1, -0.05) is 13.8 Å². The van der Waals surface area contributed by atoms with Gasteiger partial charge in [-0.15, -0.1) is 0 Å². The van der Waals surface area contributed by atoms with E-state index in [4.69, 9.17) is 0 Å². The molecule has 1 atom stereocenters. The number of amides is 1. The molecule has 20 heavy (non-hydrogen) atoms. The van der Waals surface area contributed by atoms with Gasteiger partial charge in [-0.25, -0.2) is 4.79 Å². The molecule has 1 unspecified atom stereocenters. The lowest BCUT2D eigenvalue weighted by Gasteiger charge is -2.21. The highest BCUT2D eigenvalue weighted by Gasteiger charge is 2.35. The van der Waals surface area contributed by atoms with Crippen LogP contribution in [0.2, 0.25) is 0 Å². The van der Waals surface area contributed by atoms with Crippen molar-refractivity contribution >= 4 is 11.9 Å². The lowest BCUT2D eigenvalue weighted by Crippen LogP contribution is -2.41. The van der Waals surface area contributed by atoms with Crippen LogP contribution >= 0.6 is 0 Å². The second kappa shape index (κ2) is 5.64. The molecule has 2 heterocycles. The smallest absolute Gasteiger partial charge is 0.326 e. The quantitative estimate of drug-likeness (QED) is 0.910. The van der Waals surface area contributed by atoms with Crippen LogP contribution in [0.4, 0.5) is 0 Å². The Balaban J connectivity index is 2.30. The van der Waals surface area contributed by atoms with Crippen LogP contribution in [0, 0.1) is 0 Å². The summed E-state index contributed by atoms with van der Waals surface area (Å²) in [6, 6.07) is 1.08. The minimum atomic E-state index is -0.928. The second-order valence-corrected chi connectivity index (χ2v) is 5.42. The predicted molar refractivity (Wildman–Crippen MR) is 73.7 cm³/mol. The van der Waals surface area contributed by atoms with E-state index < -0.39 is 12.0 Å². The summed E-state index contributed by atoms with van der Waals surface area (Å²) in [7, 11) is 0. The Morgan fingerprint density at radius 3 is 2.75 bits per heavy atom. The van der Waals surface area contributed by atoms with Gasteiger partial charge in [-0.3, -0.25) is 9.48 Å². The molecule has 0 bridgehead atoms. The van der Waals surface area contributed by atoms with Crippen LogP contribution in [0.25, 0.3) is 0 Å². The minimum Gasteiger partial charge on any atom is -0.480 e. The number of likely N-dealkylation sites (tertiary alicyclic amines) is 1. The lowest BCUT2D eigenvalue weighted by atomic mass is 10.1. The van der Waals surface area contributed by atoms with E-state index in [0.717, 1.165) is 12.1 Å². The standard InChI is InChI=1S/C14H21N3O3/c1-4-17-12(8-10(15-17)9(2)3)13(18)16-7-5-6-11(16)14(19)20/h8-9,11H,4-7H2,1-3H3,(H,19,20). The Labute approximate surface area is 118 Å². The molecule has 6 nitrogen and oxygen atoms in total. The van der Waals surface area contributed by atoms with Crippen molar-refractivity contribution in [2.75, 3.05) is 6.54 Å². The largest absolute Gasteiger partial charge is 0.480 e. The van der Waals surface area contributed by atoms with Crippen LogP contribution in [-0.2, 0) is 11.3 Å². The van der Waals surface area contributed by atoms with E-state index in [-0.39, 0.29) is 11.8 Å². The predicted octanol–water partition coefficient (Wildman–Crippen LogP) is 1.72. The average Bonchev–Trinajstić information content (AvgIpc) is 3.04. The average molecular weight is 279 g/mol. The maximum atomic E-state index is 12.6. The Bertz CT molecular complexity index is 522. The van der Waals surface area contributed by atoms with Gasteiger partial charge in [-0.05, 0) is 31.7 Å². The third-order valence-corrected chi connectivity index (χ3v) is 3.71. The van der Waals surface area contributed by atoms with Crippen LogP contribution in [0.3, 0.4) is 0 Å². The number of carboxylic acids is 1. The lowest BCUT2D eigenvalue weighted by molar-refractivity contribution is -0.141. The summed E-state index contributed by atoms with van der Waals surface area (Å²) in [5.74, 6) is -0.915. The van der Waals surface area contributed by atoms with Gasteiger partial charge in [0.15, 0.2) is 0 Å². The maximum Gasteiger partial charge on any atom is 0.326 e. The number of aromatic nitrogens is 2. The van der Waals surface area contributed by atoms with Crippen molar-refractivity contribution in [2.45, 2.75) is 52.1 Å². The number of carbonyl (C=O) groups is 2. The molecule has 1 aromatic heterocycles. The van der Waals surface area contributed by atoms with Crippen molar-refractivity contribution in [3.8, 4) is 0 Å². The fraction of sp³-hybridized carbons (Fsp3) is 0.643. The van der Waals surface area contributed by atoms with Crippen molar-refractivity contribution in [1.29, 1.82) is 0 Å². The molecule has 0 spiro atoms. The first-order chi connectivity index (χ1) is 9.45. The van der Waals surface area contributed by atoms with Crippen LogP contribution < -0.4 is 0 Å². The highest BCUT2D eigenvalue weighted by molar-refractivity contribution is 5.95. The summed E-state index contributed by atoms with van der Waals surface area (Å²) in [6.45, 7) is 7.06. The first-order valence-corrected chi connectivity index (χ1v) is 7.07. The zero-order chi connectivity index (χ0) is 14.9. The van der Waals surface area contributed by atoms with Gasteiger partial charge in [0.2, 0.25) is 0 Å². The summed E-state index contributed by atoms with van der Waals surface area (Å²) in [4.78, 5) is 25.2. The van der Waals surface area contributed by atoms with Crippen molar-refractivity contribution in [3.05, 3.63) is 17.5 Å². The molecule has 0 aromatic carbocycles. The molecule has 1 saturated heterocycles. The van der Waals surface area contributed by atoms with E-state index in [1.165, 1.54) is 4.90 Å². The monoisotopic (exact) mass is 279 g/mol. The summed E-state index contributed by atoms with van der Waals surface area (Å²) < 4.78 is 1.66. The molecule has 1 aromatic rings. The van der Waals surface area contributed by atoms with E-state index in [1.54, 1.807) is 10.7 Å². The fourth-order valence-electron chi connectivity index (χ4n) is 2.55. The molecule has 1 N–H and O–H groups in total.